The predicted molar refractivity (Wildman–Crippen MR) is 69.1 cm³/mol. The molecule has 2 aromatic rings. The van der Waals surface area contributed by atoms with E-state index in [1.807, 2.05) is 30.5 Å². The van der Waals surface area contributed by atoms with Crippen molar-refractivity contribution < 1.29 is 14.6 Å². The predicted octanol–water partition coefficient (Wildman–Crippen LogP) is 2.09. The highest BCUT2D eigenvalue weighted by Crippen LogP contribution is 2.18. The van der Waals surface area contributed by atoms with E-state index in [1.165, 1.54) is 7.11 Å². The van der Waals surface area contributed by atoms with Crippen LogP contribution in [0.3, 0.4) is 0 Å². The molecule has 1 aromatic heterocycles. The van der Waals surface area contributed by atoms with Gasteiger partial charge in [-0.3, -0.25) is 4.79 Å². The second-order valence-corrected chi connectivity index (χ2v) is 4.24. The molecule has 1 N–H and O–H groups in total. The number of methoxy groups -OCH3 is 1. The monoisotopic (exact) mass is 247 g/mol. The molecule has 4 heteroatoms. The number of ether oxygens (including phenoxy) is 1. The van der Waals surface area contributed by atoms with E-state index in [2.05, 4.69) is 9.30 Å². The van der Waals surface area contributed by atoms with Gasteiger partial charge < -0.3 is 14.4 Å². The van der Waals surface area contributed by atoms with E-state index in [-0.39, 0.29) is 12.6 Å². The molecule has 2 rings (SSSR count). The largest absolute Gasteiger partial charge is 0.469 e. The topological polar surface area (TPSA) is 51.5 Å². The van der Waals surface area contributed by atoms with Crippen LogP contribution in [0.4, 0.5) is 0 Å². The van der Waals surface area contributed by atoms with Crippen molar-refractivity contribution in [2.75, 3.05) is 7.11 Å². The molecule has 0 aliphatic rings. The van der Waals surface area contributed by atoms with Crippen molar-refractivity contribution in [3.63, 3.8) is 0 Å². The third-order valence-corrected chi connectivity index (χ3v) is 3.03. The maximum absolute atomic E-state index is 11.0. The van der Waals surface area contributed by atoms with Crippen LogP contribution in [0.25, 0.3) is 10.9 Å². The van der Waals surface area contributed by atoms with Crippen LogP contribution in [0.5, 0.6) is 0 Å². The van der Waals surface area contributed by atoms with Crippen LogP contribution in [0.15, 0.2) is 30.5 Å². The Kier molecular flexibility index (Phi) is 3.99. The Hall–Kier alpha value is -1.81. The zero-order chi connectivity index (χ0) is 13.0. The van der Waals surface area contributed by atoms with Gasteiger partial charge in [0.05, 0.1) is 13.7 Å². The molecule has 0 spiro atoms. The number of aliphatic hydroxyl groups is 1. The normalized spacial score (nSPS) is 10.8. The number of aromatic nitrogens is 1. The van der Waals surface area contributed by atoms with E-state index < -0.39 is 0 Å². The molecule has 0 amide bonds. The summed E-state index contributed by atoms with van der Waals surface area (Å²) in [5, 5.41) is 10.2. The average molecular weight is 247 g/mol. The summed E-state index contributed by atoms with van der Waals surface area (Å²) in [6, 6.07) is 7.91. The van der Waals surface area contributed by atoms with Crippen LogP contribution in [-0.2, 0) is 22.7 Å². The number of carbonyl (C=O) groups excluding carboxylic acids is 1. The third kappa shape index (κ3) is 2.71. The number of aryl methyl sites for hydroxylation is 1. The fourth-order valence-electron chi connectivity index (χ4n) is 2.04. The van der Waals surface area contributed by atoms with Gasteiger partial charge in [-0.15, -0.1) is 0 Å². The summed E-state index contributed by atoms with van der Waals surface area (Å²) in [5.41, 5.74) is 2.03. The summed E-state index contributed by atoms with van der Waals surface area (Å²) < 4.78 is 6.72. The molecule has 0 unspecified atom stereocenters. The fourth-order valence-corrected chi connectivity index (χ4v) is 2.04. The van der Waals surface area contributed by atoms with Crippen LogP contribution < -0.4 is 0 Å². The summed E-state index contributed by atoms with van der Waals surface area (Å²) in [6.07, 6.45) is 3.20. The van der Waals surface area contributed by atoms with Gasteiger partial charge in [0.25, 0.3) is 0 Å². The Morgan fingerprint density at radius 1 is 1.39 bits per heavy atom. The van der Waals surface area contributed by atoms with Crippen LogP contribution >= 0.6 is 0 Å². The zero-order valence-corrected chi connectivity index (χ0v) is 10.4. The van der Waals surface area contributed by atoms with E-state index >= 15 is 0 Å². The summed E-state index contributed by atoms with van der Waals surface area (Å²) in [7, 11) is 1.41. The second kappa shape index (κ2) is 5.69. The first-order chi connectivity index (χ1) is 8.74. The zero-order valence-electron chi connectivity index (χ0n) is 10.4. The first kappa shape index (κ1) is 12.6. The van der Waals surface area contributed by atoms with Gasteiger partial charge in [-0.25, -0.2) is 0 Å². The number of fused-ring (bicyclic) bond motifs is 1. The standard InChI is InChI=1S/C14H17NO3/c1-18-14(17)3-2-7-15-8-6-12-9-11(10-16)4-5-13(12)15/h4-6,8-9,16H,2-3,7,10H2,1H3. The molecule has 0 radical (unpaired) electrons. The van der Waals surface area contributed by atoms with Crippen molar-refractivity contribution >= 4 is 16.9 Å². The minimum Gasteiger partial charge on any atom is -0.469 e. The van der Waals surface area contributed by atoms with Gasteiger partial charge >= 0.3 is 5.97 Å². The van der Waals surface area contributed by atoms with Gasteiger partial charge in [-0.05, 0) is 35.6 Å². The number of esters is 1. The van der Waals surface area contributed by atoms with Crippen LogP contribution in [0, 0.1) is 0 Å². The van der Waals surface area contributed by atoms with Gasteiger partial charge in [-0.1, -0.05) is 6.07 Å². The van der Waals surface area contributed by atoms with E-state index in [9.17, 15) is 4.79 Å². The SMILES string of the molecule is COC(=O)CCCn1ccc2cc(CO)ccc21. The Labute approximate surface area is 106 Å². The van der Waals surface area contributed by atoms with E-state index in [1.54, 1.807) is 0 Å². The Balaban J connectivity index is 2.07. The maximum atomic E-state index is 11.0. The quantitative estimate of drug-likeness (QED) is 0.823. The minimum absolute atomic E-state index is 0.0590. The first-order valence-corrected chi connectivity index (χ1v) is 6.00. The maximum Gasteiger partial charge on any atom is 0.305 e. The highest BCUT2D eigenvalue weighted by Gasteiger charge is 2.04. The molecular weight excluding hydrogens is 230 g/mol. The lowest BCUT2D eigenvalue weighted by molar-refractivity contribution is -0.140. The molecule has 0 fully saturated rings. The Bertz CT molecular complexity index is 545. The number of aliphatic hydroxyl groups excluding tert-OH is 1. The van der Waals surface area contributed by atoms with Crippen molar-refractivity contribution in [3.8, 4) is 0 Å². The van der Waals surface area contributed by atoms with Crippen molar-refractivity contribution in [2.45, 2.75) is 26.0 Å². The summed E-state index contributed by atoms with van der Waals surface area (Å²) in [6.45, 7) is 0.848. The minimum atomic E-state index is -0.172. The van der Waals surface area contributed by atoms with Crippen LogP contribution in [0.1, 0.15) is 18.4 Å². The van der Waals surface area contributed by atoms with Crippen molar-refractivity contribution in [1.29, 1.82) is 0 Å². The molecule has 18 heavy (non-hydrogen) atoms. The molecule has 0 aliphatic heterocycles. The molecular formula is C14H17NO3. The molecule has 0 bridgehead atoms. The average Bonchev–Trinajstić information content (AvgIpc) is 2.81. The lowest BCUT2D eigenvalue weighted by Gasteiger charge is -2.05. The van der Waals surface area contributed by atoms with Gasteiger partial charge in [0.2, 0.25) is 0 Å². The number of rotatable bonds is 5. The number of benzene rings is 1. The molecule has 0 atom stereocenters. The first-order valence-electron chi connectivity index (χ1n) is 6.00. The van der Waals surface area contributed by atoms with Crippen molar-refractivity contribution in [1.82, 2.24) is 4.57 Å². The summed E-state index contributed by atoms with van der Waals surface area (Å²) in [4.78, 5) is 11.0. The molecule has 0 aliphatic carbocycles. The van der Waals surface area contributed by atoms with Gasteiger partial charge in [-0.2, -0.15) is 0 Å². The van der Waals surface area contributed by atoms with E-state index in [0.717, 1.165) is 29.4 Å². The highest BCUT2D eigenvalue weighted by atomic mass is 16.5. The lowest BCUT2D eigenvalue weighted by Crippen LogP contribution is -2.03. The van der Waals surface area contributed by atoms with Crippen LogP contribution in [-0.4, -0.2) is 22.8 Å². The van der Waals surface area contributed by atoms with Gasteiger partial charge in [0, 0.05) is 24.7 Å². The lowest BCUT2D eigenvalue weighted by atomic mass is 10.2. The number of hydrogen-bond acceptors (Lipinski definition) is 3. The van der Waals surface area contributed by atoms with Crippen molar-refractivity contribution in [3.05, 3.63) is 36.0 Å². The second-order valence-electron chi connectivity index (χ2n) is 4.24. The van der Waals surface area contributed by atoms with Crippen molar-refractivity contribution in [2.24, 2.45) is 0 Å². The Morgan fingerprint density at radius 3 is 2.94 bits per heavy atom. The molecule has 0 saturated carbocycles. The van der Waals surface area contributed by atoms with E-state index in [0.29, 0.717) is 6.42 Å². The number of carbonyl (C=O) groups is 1. The van der Waals surface area contributed by atoms with E-state index in [4.69, 9.17) is 5.11 Å². The highest BCUT2D eigenvalue weighted by molar-refractivity contribution is 5.80. The number of nitrogens with zero attached hydrogens (tertiary/aromatic N) is 1. The van der Waals surface area contributed by atoms with Gasteiger partial charge in [0.15, 0.2) is 0 Å². The van der Waals surface area contributed by atoms with Crippen LogP contribution in [0.2, 0.25) is 0 Å². The molecule has 0 saturated heterocycles. The molecule has 1 heterocycles. The summed E-state index contributed by atoms with van der Waals surface area (Å²) in [5.74, 6) is -0.172. The summed E-state index contributed by atoms with van der Waals surface area (Å²) >= 11 is 0. The molecule has 4 nitrogen and oxygen atoms in total. The molecule has 1 aromatic carbocycles. The third-order valence-electron chi connectivity index (χ3n) is 3.03. The Morgan fingerprint density at radius 2 is 2.22 bits per heavy atom. The number of hydrogen-bond donors (Lipinski definition) is 1. The fraction of sp³-hybridized carbons (Fsp3) is 0.357. The smallest absolute Gasteiger partial charge is 0.305 e. The van der Waals surface area contributed by atoms with Gasteiger partial charge in [0.1, 0.15) is 0 Å². The molecule has 96 valence electrons.